The van der Waals surface area contributed by atoms with Gasteiger partial charge in [0.2, 0.25) is 0 Å². The fraction of sp³-hybridized carbons (Fsp3) is 0.611. The van der Waals surface area contributed by atoms with Gasteiger partial charge in [-0.2, -0.15) is 5.26 Å². The molecule has 1 aromatic carbocycles. The molecule has 2 rings (SSSR count). The highest BCUT2D eigenvalue weighted by Crippen LogP contribution is 2.46. The number of hydrogen-bond donors (Lipinski definition) is 1. The van der Waals surface area contributed by atoms with Crippen LogP contribution in [0.25, 0.3) is 0 Å². The molecule has 3 nitrogen and oxygen atoms in total. The fourth-order valence-electron chi connectivity index (χ4n) is 3.27. The molecule has 1 atom stereocenters. The lowest BCUT2D eigenvalue weighted by molar-refractivity contribution is 0.0412. The molecule has 0 spiro atoms. The Kier molecular flexibility index (Phi) is 5.64. The predicted molar refractivity (Wildman–Crippen MR) is 82.9 cm³/mol. The monoisotopic (exact) mass is 287 g/mol. The number of aliphatic hydroxyl groups excluding tert-OH is 1. The topological polar surface area (TPSA) is 53.2 Å². The number of nitrogens with zero attached hydrogens (tertiary/aromatic N) is 1. The molecule has 0 bridgehead atoms. The summed E-state index contributed by atoms with van der Waals surface area (Å²) in [5, 5.41) is 20.7. The van der Waals surface area contributed by atoms with Crippen LogP contribution in [0.15, 0.2) is 24.3 Å². The SMILES string of the molecule is CCOc1ccccc1C(O)C1(C#N)CCCCCCC1. The quantitative estimate of drug-likeness (QED) is 0.894. The number of hydrogen-bond acceptors (Lipinski definition) is 3. The van der Waals surface area contributed by atoms with Gasteiger partial charge in [0.1, 0.15) is 11.9 Å². The summed E-state index contributed by atoms with van der Waals surface area (Å²) < 4.78 is 5.62. The smallest absolute Gasteiger partial charge is 0.125 e. The van der Waals surface area contributed by atoms with E-state index in [1.165, 1.54) is 6.42 Å². The molecule has 1 saturated carbocycles. The lowest BCUT2D eigenvalue weighted by Gasteiger charge is -2.34. The van der Waals surface area contributed by atoms with E-state index in [1.807, 2.05) is 31.2 Å². The van der Waals surface area contributed by atoms with Crippen LogP contribution in [-0.2, 0) is 0 Å². The van der Waals surface area contributed by atoms with Crippen LogP contribution in [0.3, 0.4) is 0 Å². The number of ether oxygens (including phenoxy) is 1. The van der Waals surface area contributed by atoms with Crippen molar-refractivity contribution in [3.63, 3.8) is 0 Å². The zero-order valence-corrected chi connectivity index (χ0v) is 12.8. The van der Waals surface area contributed by atoms with Crippen molar-refractivity contribution in [3.05, 3.63) is 29.8 Å². The van der Waals surface area contributed by atoms with Gasteiger partial charge in [-0.05, 0) is 25.8 Å². The van der Waals surface area contributed by atoms with E-state index in [2.05, 4.69) is 6.07 Å². The van der Waals surface area contributed by atoms with Crippen LogP contribution in [0.5, 0.6) is 5.75 Å². The zero-order valence-electron chi connectivity index (χ0n) is 12.8. The summed E-state index contributed by atoms with van der Waals surface area (Å²) in [6.07, 6.45) is 6.35. The molecule has 0 amide bonds. The molecule has 1 aliphatic rings. The van der Waals surface area contributed by atoms with Crippen LogP contribution in [-0.4, -0.2) is 11.7 Å². The molecule has 0 aliphatic heterocycles. The van der Waals surface area contributed by atoms with Crippen molar-refractivity contribution < 1.29 is 9.84 Å². The Hall–Kier alpha value is -1.53. The average Bonchev–Trinajstić information content (AvgIpc) is 2.48. The van der Waals surface area contributed by atoms with Gasteiger partial charge in [0, 0.05) is 5.56 Å². The van der Waals surface area contributed by atoms with Crippen molar-refractivity contribution in [1.29, 1.82) is 5.26 Å². The zero-order chi connectivity index (χ0) is 15.1. The molecule has 1 unspecified atom stereocenters. The van der Waals surface area contributed by atoms with Gasteiger partial charge in [-0.3, -0.25) is 0 Å². The predicted octanol–water partition coefficient (Wildman–Crippen LogP) is 4.37. The molecule has 0 heterocycles. The lowest BCUT2D eigenvalue weighted by Crippen LogP contribution is -2.29. The Balaban J connectivity index is 2.30. The Morgan fingerprint density at radius 3 is 2.43 bits per heavy atom. The van der Waals surface area contributed by atoms with E-state index in [-0.39, 0.29) is 0 Å². The molecule has 1 aliphatic carbocycles. The fourth-order valence-corrected chi connectivity index (χ4v) is 3.27. The standard InChI is InChI=1S/C18H25NO2/c1-2-21-16-11-7-6-10-15(16)17(20)18(14-19)12-8-4-3-5-9-13-18/h6-7,10-11,17,20H,2-5,8-9,12-13H2,1H3. The van der Waals surface area contributed by atoms with E-state index >= 15 is 0 Å². The molecule has 0 radical (unpaired) electrons. The molecule has 21 heavy (non-hydrogen) atoms. The Morgan fingerprint density at radius 1 is 1.19 bits per heavy atom. The number of benzene rings is 1. The van der Waals surface area contributed by atoms with Crippen molar-refractivity contribution in [2.45, 2.75) is 58.0 Å². The summed E-state index contributed by atoms with van der Waals surface area (Å²) in [5.74, 6) is 0.698. The average molecular weight is 287 g/mol. The van der Waals surface area contributed by atoms with Crippen molar-refractivity contribution in [1.82, 2.24) is 0 Å². The highest BCUT2D eigenvalue weighted by molar-refractivity contribution is 5.37. The highest BCUT2D eigenvalue weighted by Gasteiger charge is 2.40. The second kappa shape index (κ2) is 7.47. The minimum absolute atomic E-state index is 0.559. The first kappa shape index (κ1) is 15.9. The van der Waals surface area contributed by atoms with Crippen LogP contribution in [0, 0.1) is 16.7 Å². The van der Waals surface area contributed by atoms with Gasteiger partial charge in [-0.25, -0.2) is 0 Å². The van der Waals surface area contributed by atoms with E-state index in [9.17, 15) is 10.4 Å². The minimum atomic E-state index is -0.775. The maximum atomic E-state index is 10.9. The first-order valence-corrected chi connectivity index (χ1v) is 8.04. The van der Waals surface area contributed by atoms with Gasteiger partial charge in [0.25, 0.3) is 0 Å². The molecule has 0 aromatic heterocycles. The number of para-hydroxylation sites is 1. The molecule has 1 fully saturated rings. The van der Waals surface area contributed by atoms with E-state index in [1.54, 1.807) is 0 Å². The minimum Gasteiger partial charge on any atom is -0.493 e. The number of nitriles is 1. The van der Waals surface area contributed by atoms with Crippen LogP contribution < -0.4 is 4.74 Å². The Bertz CT molecular complexity index is 484. The summed E-state index contributed by atoms with van der Waals surface area (Å²) in [6.45, 7) is 2.49. The van der Waals surface area contributed by atoms with Crippen LogP contribution in [0.4, 0.5) is 0 Å². The second-order valence-electron chi connectivity index (χ2n) is 5.91. The molecule has 0 saturated heterocycles. The van der Waals surface area contributed by atoms with Crippen molar-refractivity contribution in [3.8, 4) is 11.8 Å². The molecular weight excluding hydrogens is 262 g/mol. The second-order valence-corrected chi connectivity index (χ2v) is 5.91. The molecular formula is C18H25NO2. The maximum absolute atomic E-state index is 10.9. The largest absolute Gasteiger partial charge is 0.493 e. The molecule has 1 N–H and O–H groups in total. The lowest BCUT2D eigenvalue weighted by atomic mass is 9.71. The molecule has 114 valence electrons. The van der Waals surface area contributed by atoms with Crippen molar-refractivity contribution in [2.24, 2.45) is 5.41 Å². The summed E-state index contributed by atoms with van der Waals surface area (Å²) in [7, 11) is 0. The first-order chi connectivity index (χ1) is 10.2. The van der Waals surface area contributed by atoms with E-state index in [4.69, 9.17) is 4.74 Å². The third-order valence-corrected chi connectivity index (χ3v) is 4.51. The summed E-state index contributed by atoms with van der Waals surface area (Å²) in [5.41, 5.74) is 0.0784. The summed E-state index contributed by atoms with van der Waals surface area (Å²) in [6, 6.07) is 10.00. The van der Waals surface area contributed by atoms with Gasteiger partial charge < -0.3 is 9.84 Å². The normalized spacial score (nSPS) is 19.9. The first-order valence-electron chi connectivity index (χ1n) is 8.04. The highest BCUT2D eigenvalue weighted by atomic mass is 16.5. The molecule has 3 heteroatoms. The number of aliphatic hydroxyl groups is 1. The maximum Gasteiger partial charge on any atom is 0.125 e. The van der Waals surface area contributed by atoms with Gasteiger partial charge in [-0.1, -0.05) is 50.3 Å². The van der Waals surface area contributed by atoms with Gasteiger partial charge in [-0.15, -0.1) is 0 Å². The van der Waals surface area contributed by atoms with E-state index < -0.39 is 11.5 Å². The van der Waals surface area contributed by atoms with E-state index in [0.29, 0.717) is 12.4 Å². The summed E-state index contributed by atoms with van der Waals surface area (Å²) in [4.78, 5) is 0. The van der Waals surface area contributed by atoms with Gasteiger partial charge in [0.15, 0.2) is 0 Å². The van der Waals surface area contributed by atoms with Crippen molar-refractivity contribution in [2.75, 3.05) is 6.61 Å². The third-order valence-electron chi connectivity index (χ3n) is 4.51. The van der Waals surface area contributed by atoms with Crippen LogP contribution >= 0.6 is 0 Å². The summed E-state index contributed by atoms with van der Waals surface area (Å²) >= 11 is 0. The number of rotatable bonds is 4. The van der Waals surface area contributed by atoms with E-state index in [0.717, 1.165) is 44.1 Å². The van der Waals surface area contributed by atoms with Crippen LogP contribution in [0.1, 0.15) is 63.5 Å². The van der Waals surface area contributed by atoms with Crippen molar-refractivity contribution >= 4 is 0 Å². The Morgan fingerprint density at radius 2 is 1.81 bits per heavy atom. The molecule has 1 aromatic rings. The van der Waals surface area contributed by atoms with Gasteiger partial charge in [0.05, 0.1) is 18.1 Å². The third kappa shape index (κ3) is 3.57. The van der Waals surface area contributed by atoms with Crippen LogP contribution in [0.2, 0.25) is 0 Å². The van der Waals surface area contributed by atoms with Gasteiger partial charge >= 0.3 is 0 Å². The Labute approximate surface area is 127 Å².